The van der Waals surface area contributed by atoms with Crippen LogP contribution in [0.15, 0.2) is 24.3 Å². The Kier molecular flexibility index (Phi) is 4.40. The van der Waals surface area contributed by atoms with Crippen molar-refractivity contribution in [2.24, 2.45) is 0 Å². The number of β-amino-alcohol motifs (C(OH)–C–C–N with tert-alkyl or cyclic N) is 1. The summed E-state index contributed by atoms with van der Waals surface area (Å²) in [6.07, 6.45) is -0.589. The first kappa shape index (κ1) is 14.8. The fourth-order valence-electron chi connectivity index (χ4n) is 2.22. The van der Waals surface area contributed by atoms with Gasteiger partial charge in [0.15, 0.2) is 0 Å². The van der Waals surface area contributed by atoms with Crippen LogP contribution in [0, 0.1) is 11.3 Å². The molecule has 2 atom stereocenters. The van der Waals surface area contributed by atoms with Crippen LogP contribution < -0.4 is 5.32 Å². The van der Waals surface area contributed by atoms with Crippen LogP contribution in [-0.4, -0.2) is 47.8 Å². The average Bonchev–Trinajstić information content (AvgIpc) is 2.89. The maximum Gasteiger partial charge on any atom is 0.328 e. The third kappa shape index (κ3) is 3.30. The molecular weight excluding hydrogens is 274 g/mol. The molecule has 0 radical (unpaired) electrons. The van der Waals surface area contributed by atoms with E-state index in [2.05, 4.69) is 10.1 Å². The first-order valence-electron chi connectivity index (χ1n) is 6.39. The molecule has 7 heteroatoms. The Bertz CT molecular complexity index is 579. The van der Waals surface area contributed by atoms with Crippen molar-refractivity contribution in [3.05, 3.63) is 29.8 Å². The molecule has 2 amide bonds. The summed E-state index contributed by atoms with van der Waals surface area (Å²) < 4.78 is 4.64. The third-order valence-electron chi connectivity index (χ3n) is 3.28. The van der Waals surface area contributed by atoms with Gasteiger partial charge in [0.25, 0.3) is 0 Å². The van der Waals surface area contributed by atoms with Gasteiger partial charge in [0.1, 0.15) is 6.04 Å². The molecule has 1 fully saturated rings. The van der Waals surface area contributed by atoms with Gasteiger partial charge in [-0.2, -0.15) is 5.26 Å². The van der Waals surface area contributed by atoms with Crippen molar-refractivity contribution in [1.82, 2.24) is 4.90 Å². The number of ether oxygens (including phenoxy) is 1. The van der Waals surface area contributed by atoms with Gasteiger partial charge in [-0.1, -0.05) is 0 Å². The highest BCUT2D eigenvalue weighted by molar-refractivity contribution is 5.93. The normalized spacial score (nSPS) is 20.7. The molecule has 1 aliphatic rings. The number of hydrogen-bond acceptors (Lipinski definition) is 5. The fourth-order valence-corrected chi connectivity index (χ4v) is 2.22. The zero-order valence-corrected chi connectivity index (χ0v) is 11.4. The molecule has 0 aromatic heterocycles. The lowest BCUT2D eigenvalue weighted by Crippen LogP contribution is -2.43. The standard InChI is InChI=1S/C14H15N3O4/c1-21-13(19)12-6-11(18)8-17(12)14(20)16-10-4-2-9(7-15)3-5-10/h2-5,11-12,18H,6,8H2,1H3,(H,16,20). The van der Waals surface area contributed by atoms with Crippen LogP contribution in [0.3, 0.4) is 0 Å². The number of rotatable bonds is 2. The summed E-state index contributed by atoms with van der Waals surface area (Å²) in [6, 6.07) is 7.04. The number of aliphatic hydroxyl groups excluding tert-OH is 1. The molecule has 0 saturated carbocycles. The zero-order chi connectivity index (χ0) is 15.4. The lowest BCUT2D eigenvalue weighted by molar-refractivity contribution is -0.144. The molecule has 0 aliphatic carbocycles. The van der Waals surface area contributed by atoms with E-state index in [9.17, 15) is 14.7 Å². The maximum absolute atomic E-state index is 12.2. The van der Waals surface area contributed by atoms with Crippen LogP contribution in [0.5, 0.6) is 0 Å². The van der Waals surface area contributed by atoms with Crippen LogP contribution in [-0.2, 0) is 9.53 Å². The third-order valence-corrected chi connectivity index (χ3v) is 3.28. The van der Waals surface area contributed by atoms with Gasteiger partial charge in [-0.05, 0) is 24.3 Å². The molecule has 0 spiro atoms. The Hall–Kier alpha value is -2.59. The quantitative estimate of drug-likeness (QED) is 0.780. The summed E-state index contributed by atoms with van der Waals surface area (Å²) in [5.74, 6) is -0.554. The number of anilines is 1. The van der Waals surface area contributed by atoms with Crippen LogP contribution in [0.25, 0.3) is 0 Å². The Morgan fingerprint density at radius 2 is 2.10 bits per heavy atom. The summed E-state index contributed by atoms with van der Waals surface area (Å²) in [6.45, 7) is 0.0713. The largest absolute Gasteiger partial charge is 0.467 e. The van der Waals surface area contributed by atoms with E-state index in [-0.39, 0.29) is 13.0 Å². The number of nitrogens with zero attached hydrogens (tertiary/aromatic N) is 2. The molecule has 2 N–H and O–H groups in total. The van der Waals surface area contributed by atoms with E-state index in [0.717, 1.165) is 0 Å². The van der Waals surface area contributed by atoms with Gasteiger partial charge < -0.3 is 20.1 Å². The predicted molar refractivity (Wildman–Crippen MR) is 73.3 cm³/mol. The molecule has 110 valence electrons. The van der Waals surface area contributed by atoms with E-state index in [0.29, 0.717) is 11.3 Å². The monoisotopic (exact) mass is 289 g/mol. The van der Waals surface area contributed by atoms with E-state index in [4.69, 9.17) is 5.26 Å². The highest BCUT2D eigenvalue weighted by atomic mass is 16.5. The minimum absolute atomic E-state index is 0.0713. The number of aliphatic hydroxyl groups is 1. The number of likely N-dealkylation sites (tertiary alicyclic amines) is 1. The summed E-state index contributed by atoms with van der Waals surface area (Å²) in [7, 11) is 1.24. The SMILES string of the molecule is COC(=O)C1CC(O)CN1C(=O)Nc1ccc(C#N)cc1. The molecule has 2 unspecified atom stereocenters. The van der Waals surface area contributed by atoms with Crippen molar-refractivity contribution in [2.75, 3.05) is 19.0 Å². The van der Waals surface area contributed by atoms with Crippen LogP contribution >= 0.6 is 0 Å². The average molecular weight is 289 g/mol. The molecule has 1 saturated heterocycles. The Morgan fingerprint density at radius 3 is 2.67 bits per heavy atom. The highest BCUT2D eigenvalue weighted by Gasteiger charge is 2.39. The van der Waals surface area contributed by atoms with Crippen molar-refractivity contribution in [3.8, 4) is 6.07 Å². The predicted octanol–water partition coefficient (Wildman–Crippen LogP) is 0.698. The van der Waals surface area contributed by atoms with Crippen molar-refractivity contribution in [3.63, 3.8) is 0 Å². The number of urea groups is 1. The number of carbonyl (C=O) groups is 2. The smallest absolute Gasteiger partial charge is 0.328 e. The minimum Gasteiger partial charge on any atom is -0.467 e. The van der Waals surface area contributed by atoms with Gasteiger partial charge in [0, 0.05) is 18.7 Å². The van der Waals surface area contributed by atoms with Crippen molar-refractivity contribution >= 4 is 17.7 Å². The molecular formula is C14H15N3O4. The minimum atomic E-state index is -0.789. The number of amides is 2. The van der Waals surface area contributed by atoms with Crippen molar-refractivity contribution in [1.29, 1.82) is 5.26 Å². The molecule has 7 nitrogen and oxygen atoms in total. The molecule has 21 heavy (non-hydrogen) atoms. The van der Waals surface area contributed by atoms with Crippen LogP contribution in [0.4, 0.5) is 10.5 Å². The zero-order valence-electron chi connectivity index (χ0n) is 11.4. The topological polar surface area (TPSA) is 103 Å². The first-order valence-corrected chi connectivity index (χ1v) is 6.39. The summed E-state index contributed by atoms with van der Waals surface area (Å²) in [5.41, 5.74) is 0.987. The van der Waals surface area contributed by atoms with Gasteiger partial charge in [0.05, 0.1) is 24.8 Å². The number of nitriles is 1. The van der Waals surface area contributed by atoms with Gasteiger partial charge in [-0.15, -0.1) is 0 Å². The molecule has 2 rings (SSSR count). The second-order valence-corrected chi connectivity index (χ2v) is 4.70. The van der Waals surface area contributed by atoms with Crippen molar-refractivity contribution < 1.29 is 19.4 Å². The van der Waals surface area contributed by atoms with E-state index in [1.165, 1.54) is 12.0 Å². The molecule has 1 aliphatic heterocycles. The number of esters is 1. The molecule has 1 aromatic rings. The van der Waals surface area contributed by atoms with Gasteiger partial charge in [-0.25, -0.2) is 9.59 Å². The Balaban J connectivity index is 2.07. The number of methoxy groups -OCH3 is 1. The van der Waals surface area contributed by atoms with Crippen LogP contribution in [0.2, 0.25) is 0 Å². The second-order valence-electron chi connectivity index (χ2n) is 4.70. The van der Waals surface area contributed by atoms with Gasteiger partial charge >= 0.3 is 12.0 Å². The number of nitrogens with one attached hydrogen (secondary N) is 1. The highest BCUT2D eigenvalue weighted by Crippen LogP contribution is 2.20. The van der Waals surface area contributed by atoms with E-state index >= 15 is 0 Å². The summed E-state index contributed by atoms with van der Waals surface area (Å²) in [4.78, 5) is 25.0. The molecule has 1 aromatic carbocycles. The van der Waals surface area contributed by atoms with Crippen molar-refractivity contribution in [2.45, 2.75) is 18.6 Å². The van der Waals surface area contributed by atoms with Crippen LogP contribution in [0.1, 0.15) is 12.0 Å². The first-order chi connectivity index (χ1) is 10.0. The van der Waals surface area contributed by atoms with E-state index in [1.807, 2.05) is 6.07 Å². The second kappa shape index (κ2) is 6.24. The maximum atomic E-state index is 12.2. The molecule has 0 bridgehead atoms. The number of carbonyl (C=O) groups excluding carboxylic acids is 2. The number of hydrogen-bond donors (Lipinski definition) is 2. The summed E-state index contributed by atoms with van der Waals surface area (Å²) >= 11 is 0. The lowest BCUT2D eigenvalue weighted by atomic mass is 10.2. The van der Waals surface area contributed by atoms with Gasteiger partial charge in [-0.3, -0.25) is 0 Å². The molecule has 1 heterocycles. The summed E-state index contributed by atoms with van der Waals surface area (Å²) in [5, 5.41) is 21.0. The Morgan fingerprint density at radius 1 is 1.43 bits per heavy atom. The number of benzene rings is 1. The van der Waals surface area contributed by atoms with E-state index in [1.54, 1.807) is 24.3 Å². The fraction of sp³-hybridized carbons (Fsp3) is 0.357. The van der Waals surface area contributed by atoms with E-state index < -0.39 is 24.1 Å². The Labute approximate surface area is 121 Å². The lowest BCUT2D eigenvalue weighted by Gasteiger charge is -2.22. The van der Waals surface area contributed by atoms with Gasteiger partial charge in [0.2, 0.25) is 0 Å².